The highest BCUT2D eigenvalue weighted by atomic mass is 32.2. The van der Waals surface area contributed by atoms with Gasteiger partial charge < -0.3 is 9.73 Å². The third-order valence-corrected chi connectivity index (χ3v) is 6.18. The largest absolute Gasteiger partial charge is 0.455 e. The summed E-state index contributed by atoms with van der Waals surface area (Å²) in [6.45, 7) is 2.81. The van der Waals surface area contributed by atoms with Gasteiger partial charge in [-0.25, -0.2) is 0 Å². The highest BCUT2D eigenvalue weighted by molar-refractivity contribution is 7.98. The van der Waals surface area contributed by atoms with Gasteiger partial charge in [0.2, 0.25) is 0 Å². The molecule has 0 aliphatic carbocycles. The maximum absolute atomic E-state index is 12.1. The molecule has 2 aromatic heterocycles. The average Bonchev–Trinajstić information content (AvgIpc) is 3.36. The van der Waals surface area contributed by atoms with Crippen molar-refractivity contribution in [1.82, 2.24) is 15.5 Å². The Bertz CT molecular complexity index is 1160. The standard InChI is InChI=1S/C27H27N3O2S/c1-2-3-7-18-28-27(31)25-16-14-23(32-25)19-33-26-17-15-24(29-30-26)22-12-10-21(11-13-22)20-8-5-4-6-9-20/h4-6,8-17H,2-3,7,18-19H2,1H3,(H,28,31). The topological polar surface area (TPSA) is 68.0 Å². The molecule has 0 saturated carbocycles. The SMILES string of the molecule is CCCCCNC(=O)c1ccc(CSc2ccc(-c3ccc(-c4ccccc4)cc3)nn2)o1. The third kappa shape index (κ3) is 6.33. The summed E-state index contributed by atoms with van der Waals surface area (Å²) in [4.78, 5) is 12.1. The van der Waals surface area contributed by atoms with Gasteiger partial charge in [-0.05, 0) is 41.8 Å². The molecule has 1 amide bonds. The van der Waals surface area contributed by atoms with Crippen LogP contribution in [0.5, 0.6) is 0 Å². The van der Waals surface area contributed by atoms with Crippen LogP contribution in [0.15, 0.2) is 88.3 Å². The van der Waals surface area contributed by atoms with E-state index in [0.717, 1.165) is 41.3 Å². The van der Waals surface area contributed by atoms with Crippen LogP contribution in [0.2, 0.25) is 0 Å². The summed E-state index contributed by atoms with van der Waals surface area (Å²) < 4.78 is 5.68. The summed E-state index contributed by atoms with van der Waals surface area (Å²) in [5.74, 6) is 1.51. The van der Waals surface area contributed by atoms with Crippen molar-refractivity contribution < 1.29 is 9.21 Å². The summed E-state index contributed by atoms with van der Waals surface area (Å²) in [5, 5.41) is 12.4. The second kappa shape index (κ2) is 11.5. The molecular formula is C27H27N3O2S. The molecule has 5 nitrogen and oxygen atoms in total. The van der Waals surface area contributed by atoms with E-state index < -0.39 is 0 Å². The fourth-order valence-electron chi connectivity index (χ4n) is 3.40. The molecule has 0 aliphatic rings. The fourth-order valence-corrected chi connectivity index (χ4v) is 4.11. The molecule has 0 spiro atoms. The van der Waals surface area contributed by atoms with Gasteiger partial charge in [-0.2, -0.15) is 0 Å². The molecular weight excluding hydrogens is 430 g/mol. The zero-order chi connectivity index (χ0) is 22.9. The van der Waals surface area contributed by atoms with Crippen molar-refractivity contribution in [2.75, 3.05) is 6.54 Å². The van der Waals surface area contributed by atoms with Crippen LogP contribution in [0.3, 0.4) is 0 Å². The van der Waals surface area contributed by atoms with Crippen molar-refractivity contribution in [1.29, 1.82) is 0 Å². The highest BCUT2D eigenvalue weighted by Gasteiger charge is 2.11. The molecule has 0 radical (unpaired) electrons. The first-order valence-corrected chi connectivity index (χ1v) is 12.2. The number of rotatable bonds is 10. The van der Waals surface area contributed by atoms with E-state index in [1.807, 2.05) is 36.4 Å². The molecule has 168 valence electrons. The van der Waals surface area contributed by atoms with E-state index in [1.165, 1.54) is 22.9 Å². The summed E-state index contributed by atoms with van der Waals surface area (Å²) in [6.07, 6.45) is 3.22. The van der Waals surface area contributed by atoms with Crippen LogP contribution in [-0.2, 0) is 5.75 Å². The Morgan fingerprint density at radius 2 is 1.61 bits per heavy atom. The number of hydrogen-bond donors (Lipinski definition) is 1. The maximum Gasteiger partial charge on any atom is 0.286 e. The number of unbranched alkanes of at least 4 members (excludes halogenated alkanes) is 2. The second-order valence-electron chi connectivity index (χ2n) is 7.72. The Labute approximate surface area is 198 Å². The first-order valence-electron chi connectivity index (χ1n) is 11.2. The van der Waals surface area contributed by atoms with Crippen LogP contribution in [0, 0.1) is 0 Å². The third-order valence-electron chi connectivity index (χ3n) is 5.24. The molecule has 2 aromatic carbocycles. The Hall–Kier alpha value is -3.38. The molecule has 2 heterocycles. The number of aromatic nitrogens is 2. The van der Waals surface area contributed by atoms with E-state index in [4.69, 9.17) is 4.42 Å². The molecule has 0 saturated heterocycles. The Kier molecular flexibility index (Phi) is 7.93. The van der Waals surface area contributed by atoms with E-state index in [-0.39, 0.29) is 5.91 Å². The van der Waals surface area contributed by atoms with Gasteiger partial charge in [0.05, 0.1) is 11.4 Å². The van der Waals surface area contributed by atoms with Gasteiger partial charge in [-0.3, -0.25) is 4.79 Å². The molecule has 0 bridgehead atoms. The van der Waals surface area contributed by atoms with Crippen LogP contribution < -0.4 is 5.32 Å². The minimum atomic E-state index is -0.162. The van der Waals surface area contributed by atoms with E-state index in [1.54, 1.807) is 6.07 Å². The number of nitrogens with one attached hydrogen (secondary N) is 1. The molecule has 4 rings (SSSR count). The number of thioether (sulfide) groups is 1. The Balaban J connectivity index is 1.30. The highest BCUT2D eigenvalue weighted by Crippen LogP contribution is 2.26. The molecule has 0 atom stereocenters. The number of carbonyl (C=O) groups excluding carboxylic acids is 1. The van der Waals surface area contributed by atoms with Gasteiger partial charge in [0.1, 0.15) is 10.8 Å². The minimum absolute atomic E-state index is 0.162. The number of benzene rings is 2. The average molecular weight is 458 g/mol. The van der Waals surface area contributed by atoms with Crippen molar-refractivity contribution in [3.8, 4) is 22.4 Å². The van der Waals surface area contributed by atoms with Crippen LogP contribution in [0.1, 0.15) is 42.5 Å². The summed E-state index contributed by atoms with van der Waals surface area (Å²) >= 11 is 1.53. The van der Waals surface area contributed by atoms with Crippen molar-refractivity contribution in [3.05, 3.63) is 90.4 Å². The van der Waals surface area contributed by atoms with Crippen LogP contribution in [0.25, 0.3) is 22.4 Å². The van der Waals surface area contributed by atoms with Gasteiger partial charge in [-0.1, -0.05) is 86.1 Å². The van der Waals surface area contributed by atoms with Gasteiger partial charge in [0.15, 0.2) is 5.76 Å². The zero-order valence-corrected chi connectivity index (χ0v) is 19.5. The van der Waals surface area contributed by atoms with Gasteiger partial charge >= 0.3 is 0 Å². The fraction of sp³-hybridized carbons (Fsp3) is 0.222. The minimum Gasteiger partial charge on any atom is -0.455 e. The summed E-state index contributed by atoms with van der Waals surface area (Å²) in [7, 11) is 0. The number of hydrogen-bond acceptors (Lipinski definition) is 5. The van der Waals surface area contributed by atoms with Crippen LogP contribution >= 0.6 is 11.8 Å². The number of carbonyl (C=O) groups is 1. The lowest BCUT2D eigenvalue weighted by Crippen LogP contribution is -2.23. The Morgan fingerprint density at radius 1 is 0.848 bits per heavy atom. The lowest BCUT2D eigenvalue weighted by atomic mass is 10.0. The van der Waals surface area contributed by atoms with E-state index in [2.05, 4.69) is 58.8 Å². The lowest BCUT2D eigenvalue weighted by Gasteiger charge is -2.05. The molecule has 0 aliphatic heterocycles. The van der Waals surface area contributed by atoms with Gasteiger partial charge in [0, 0.05) is 12.1 Å². The molecule has 0 fully saturated rings. The van der Waals surface area contributed by atoms with E-state index in [0.29, 0.717) is 18.1 Å². The van der Waals surface area contributed by atoms with Crippen LogP contribution in [0.4, 0.5) is 0 Å². The van der Waals surface area contributed by atoms with Crippen molar-refractivity contribution in [2.24, 2.45) is 0 Å². The number of nitrogens with zero attached hydrogens (tertiary/aromatic N) is 2. The second-order valence-corrected chi connectivity index (χ2v) is 8.71. The molecule has 33 heavy (non-hydrogen) atoms. The van der Waals surface area contributed by atoms with Crippen molar-refractivity contribution >= 4 is 17.7 Å². The first-order chi connectivity index (χ1) is 16.2. The quantitative estimate of drug-likeness (QED) is 0.214. The lowest BCUT2D eigenvalue weighted by molar-refractivity contribution is 0.0924. The monoisotopic (exact) mass is 457 g/mol. The zero-order valence-electron chi connectivity index (χ0n) is 18.7. The predicted octanol–water partition coefficient (Wildman–Crippen LogP) is 6.62. The number of amides is 1. The smallest absolute Gasteiger partial charge is 0.286 e. The summed E-state index contributed by atoms with van der Waals surface area (Å²) in [6, 6.07) is 26.1. The van der Waals surface area contributed by atoms with Crippen molar-refractivity contribution in [3.63, 3.8) is 0 Å². The predicted molar refractivity (Wildman–Crippen MR) is 133 cm³/mol. The molecule has 6 heteroatoms. The first kappa shape index (κ1) is 22.8. The molecule has 1 N–H and O–H groups in total. The van der Waals surface area contributed by atoms with Crippen molar-refractivity contribution in [2.45, 2.75) is 37.0 Å². The normalized spacial score (nSPS) is 10.8. The van der Waals surface area contributed by atoms with Gasteiger partial charge in [-0.15, -0.1) is 10.2 Å². The number of furan rings is 1. The molecule has 4 aromatic rings. The van der Waals surface area contributed by atoms with E-state index >= 15 is 0 Å². The van der Waals surface area contributed by atoms with E-state index in [9.17, 15) is 4.79 Å². The molecule has 0 unspecified atom stereocenters. The maximum atomic E-state index is 12.1. The van der Waals surface area contributed by atoms with Gasteiger partial charge in [0.25, 0.3) is 5.91 Å². The Morgan fingerprint density at radius 3 is 2.33 bits per heavy atom. The summed E-state index contributed by atoms with van der Waals surface area (Å²) in [5.41, 5.74) is 4.22. The van der Waals surface area contributed by atoms with Crippen LogP contribution in [-0.4, -0.2) is 22.6 Å².